The number of fused-ring (bicyclic) bond motifs is 5. The summed E-state index contributed by atoms with van der Waals surface area (Å²) in [4.78, 5) is 53.3. The van der Waals surface area contributed by atoms with Crippen LogP contribution in [0.4, 0.5) is 0 Å². The molecule has 3 rings (SSSR count). The van der Waals surface area contributed by atoms with Crippen LogP contribution in [0.15, 0.2) is 36.4 Å². The lowest BCUT2D eigenvalue weighted by molar-refractivity contribution is -0.134. The van der Waals surface area contributed by atoms with Crippen molar-refractivity contribution < 1.29 is 34.5 Å². The molecule has 1 aliphatic heterocycles. The van der Waals surface area contributed by atoms with Crippen LogP contribution in [-0.4, -0.2) is 95.4 Å². The van der Waals surface area contributed by atoms with Gasteiger partial charge in [-0.3, -0.25) is 19.2 Å². The number of aliphatic hydroxyl groups is 1. The van der Waals surface area contributed by atoms with Gasteiger partial charge in [0.05, 0.1) is 12.1 Å². The Morgan fingerprint density at radius 3 is 2.11 bits per heavy atom. The number of nitrogens with two attached hydrogens (primary N) is 4. The van der Waals surface area contributed by atoms with Gasteiger partial charge in [-0.15, -0.1) is 0 Å². The van der Waals surface area contributed by atoms with Gasteiger partial charge in [0.15, 0.2) is 0 Å². The van der Waals surface area contributed by atoms with Crippen molar-refractivity contribution in [1.82, 2.24) is 21.3 Å². The van der Waals surface area contributed by atoms with Gasteiger partial charge in [0.25, 0.3) is 0 Å². The van der Waals surface area contributed by atoms with Gasteiger partial charge in [0.1, 0.15) is 29.6 Å². The normalized spacial score (nSPS) is 20.1. The molecule has 15 nitrogen and oxygen atoms in total. The molecule has 1 heterocycles. The zero-order valence-electron chi connectivity index (χ0n) is 25.0. The van der Waals surface area contributed by atoms with E-state index in [1.54, 1.807) is 24.3 Å². The standard InChI is InChI=1S/C30H44N8O7/c31-7-1-2-22-29(44)37-23(30(45)38-24(14-20(39)15-33)28(43)35-9-8-32)13-19-11-17(4-6-26(19)41)16-3-5-25(40)18(10-16)12-21(34)27(42)36-22/h3-6,10-11,20-24,39-41H,1-2,7-9,12-15,31-34H2,(H,35,43)(H,36,42)(H,37,44)(H,38,45)/t20-,21-,22-,23-,24-/m0/s1. The summed E-state index contributed by atoms with van der Waals surface area (Å²) in [6.07, 6.45) is -1.08. The first-order valence-electron chi connectivity index (χ1n) is 14.8. The van der Waals surface area contributed by atoms with Crippen LogP contribution in [0.5, 0.6) is 11.5 Å². The van der Waals surface area contributed by atoms with Crippen LogP contribution in [0.25, 0.3) is 11.1 Å². The number of hydrogen-bond acceptors (Lipinski definition) is 11. The Bertz CT molecular complexity index is 1360. The molecular formula is C30H44N8O7. The molecule has 0 fully saturated rings. The maximum absolute atomic E-state index is 13.7. The van der Waals surface area contributed by atoms with E-state index in [2.05, 4.69) is 21.3 Å². The Morgan fingerprint density at radius 1 is 0.911 bits per heavy atom. The summed E-state index contributed by atoms with van der Waals surface area (Å²) in [5.74, 6) is -2.99. The molecule has 0 spiro atoms. The summed E-state index contributed by atoms with van der Waals surface area (Å²) in [5, 5.41) is 41.8. The first kappa shape index (κ1) is 35.2. The van der Waals surface area contributed by atoms with Crippen molar-refractivity contribution in [2.24, 2.45) is 22.9 Å². The number of benzene rings is 2. The van der Waals surface area contributed by atoms with Crippen LogP contribution in [-0.2, 0) is 32.0 Å². The number of amides is 4. The summed E-state index contributed by atoms with van der Waals surface area (Å²) in [5.41, 5.74) is 24.8. The number of aromatic hydroxyl groups is 2. The number of rotatable bonds is 11. The van der Waals surface area contributed by atoms with Gasteiger partial charge in [-0.2, -0.15) is 0 Å². The fraction of sp³-hybridized carbons (Fsp3) is 0.467. The van der Waals surface area contributed by atoms with Crippen LogP contribution in [0.1, 0.15) is 30.4 Å². The molecule has 1 aliphatic rings. The summed E-state index contributed by atoms with van der Waals surface area (Å²) in [7, 11) is 0. The van der Waals surface area contributed by atoms with Gasteiger partial charge >= 0.3 is 0 Å². The van der Waals surface area contributed by atoms with Crippen LogP contribution >= 0.6 is 0 Å². The number of phenolic OH excluding ortho intramolecular Hbond substituents is 2. The first-order chi connectivity index (χ1) is 21.5. The second-order valence-corrected chi connectivity index (χ2v) is 11.0. The lowest BCUT2D eigenvalue weighted by atomic mass is 9.95. The number of nitrogens with one attached hydrogen (secondary N) is 4. The Morgan fingerprint density at radius 2 is 1.53 bits per heavy atom. The van der Waals surface area contributed by atoms with Crippen molar-refractivity contribution >= 4 is 23.6 Å². The van der Waals surface area contributed by atoms with Gasteiger partial charge < -0.3 is 59.5 Å². The Hall–Kier alpha value is -4.28. The second-order valence-electron chi connectivity index (χ2n) is 11.0. The number of aliphatic hydroxyl groups excluding tert-OH is 1. The molecule has 0 aromatic heterocycles. The molecule has 0 unspecified atom stereocenters. The quantitative estimate of drug-likeness (QED) is 0.121. The second kappa shape index (κ2) is 16.7. The van der Waals surface area contributed by atoms with E-state index in [0.717, 1.165) is 0 Å². The van der Waals surface area contributed by atoms with Crippen molar-refractivity contribution in [3.8, 4) is 22.6 Å². The zero-order valence-corrected chi connectivity index (χ0v) is 25.0. The van der Waals surface area contributed by atoms with E-state index in [0.29, 0.717) is 28.7 Å². The molecule has 0 saturated carbocycles. The Kier molecular flexibility index (Phi) is 13.1. The summed E-state index contributed by atoms with van der Waals surface area (Å²) < 4.78 is 0. The highest BCUT2D eigenvalue weighted by Gasteiger charge is 2.32. The molecule has 0 radical (unpaired) electrons. The van der Waals surface area contributed by atoms with Crippen molar-refractivity contribution in [2.45, 2.75) is 62.4 Å². The number of phenols is 2. The molecular weight excluding hydrogens is 584 g/mol. The van der Waals surface area contributed by atoms with Crippen molar-refractivity contribution in [3.05, 3.63) is 47.5 Å². The third-order valence-electron chi connectivity index (χ3n) is 7.51. The highest BCUT2D eigenvalue weighted by molar-refractivity contribution is 5.95. The molecule has 0 aliphatic carbocycles. The first-order valence-corrected chi connectivity index (χ1v) is 14.8. The third-order valence-corrected chi connectivity index (χ3v) is 7.51. The van der Waals surface area contributed by atoms with Crippen LogP contribution < -0.4 is 44.2 Å². The molecule has 15 N–H and O–H groups in total. The summed E-state index contributed by atoms with van der Waals surface area (Å²) in [6.45, 7) is 0.317. The molecule has 2 aromatic carbocycles. The van der Waals surface area contributed by atoms with E-state index >= 15 is 0 Å². The van der Waals surface area contributed by atoms with E-state index in [9.17, 15) is 34.5 Å². The molecule has 4 bridgehead atoms. The van der Waals surface area contributed by atoms with Gasteiger partial charge in [-0.05, 0) is 65.9 Å². The minimum absolute atomic E-state index is 0.0328. The molecule has 4 amide bonds. The molecule has 2 aromatic rings. The van der Waals surface area contributed by atoms with Gasteiger partial charge in [0, 0.05) is 38.9 Å². The van der Waals surface area contributed by atoms with E-state index in [4.69, 9.17) is 22.9 Å². The smallest absolute Gasteiger partial charge is 0.243 e. The number of carbonyl (C=O) groups excluding carboxylic acids is 4. The molecule has 0 saturated heterocycles. The topological polar surface area (TPSA) is 281 Å². The molecule has 15 heteroatoms. The monoisotopic (exact) mass is 628 g/mol. The Balaban J connectivity index is 2.07. The predicted octanol–water partition coefficient (Wildman–Crippen LogP) is -2.83. The largest absolute Gasteiger partial charge is 0.508 e. The maximum Gasteiger partial charge on any atom is 0.243 e. The number of carbonyl (C=O) groups is 4. The Labute approximate surface area is 261 Å². The van der Waals surface area contributed by atoms with E-state index < -0.39 is 53.9 Å². The lowest BCUT2D eigenvalue weighted by Gasteiger charge is -2.27. The maximum atomic E-state index is 13.7. The highest BCUT2D eigenvalue weighted by atomic mass is 16.3. The average molecular weight is 629 g/mol. The lowest BCUT2D eigenvalue weighted by Crippen LogP contribution is -2.59. The number of hydrogen-bond donors (Lipinski definition) is 11. The van der Waals surface area contributed by atoms with E-state index in [1.807, 2.05) is 0 Å². The molecule has 246 valence electrons. The molecule has 5 atom stereocenters. The zero-order chi connectivity index (χ0) is 33.1. The fourth-order valence-corrected chi connectivity index (χ4v) is 4.95. The van der Waals surface area contributed by atoms with Crippen molar-refractivity contribution in [3.63, 3.8) is 0 Å². The average Bonchev–Trinajstić information content (AvgIpc) is 3.02. The van der Waals surface area contributed by atoms with Crippen LogP contribution in [0, 0.1) is 0 Å². The van der Waals surface area contributed by atoms with Crippen molar-refractivity contribution in [1.29, 1.82) is 0 Å². The van der Waals surface area contributed by atoms with Crippen LogP contribution in [0.3, 0.4) is 0 Å². The molecule has 45 heavy (non-hydrogen) atoms. The van der Waals surface area contributed by atoms with Crippen LogP contribution in [0.2, 0.25) is 0 Å². The van der Waals surface area contributed by atoms with Gasteiger partial charge in [0.2, 0.25) is 23.6 Å². The minimum Gasteiger partial charge on any atom is -0.508 e. The van der Waals surface area contributed by atoms with E-state index in [-0.39, 0.29) is 63.4 Å². The summed E-state index contributed by atoms with van der Waals surface area (Å²) in [6, 6.07) is 4.69. The minimum atomic E-state index is -1.34. The SMILES string of the molecule is NCCC[C@@H]1NC(=O)[C@@H](N)Cc2cc(ccc2O)-c2ccc(O)c(c2)C[C@@H](C(=O)N[C@@H](C[C@H](O)CN)C(=O)NCCN)NC1=O. The van der Waals surface area contributed by atoms with Gasteiger partial charge in [-0.1, -0.05) is 12.1 Å². The predicted molar refractivity (Wildman–Crippen MR) is 166 cm³/mol. The van der Waals surface area contributed by atoms with Gasteiger partial charge in [-0.25, -0.2) is 0 Å². The highest BCUT2D eigenvalue weighted by Crippen LogP contribution is 2.31. The van der Waals surface area contributed by atoms with E-state index in [1.165, 1.54) is 12.1 Å². The summed E-state index contributed by atoms with van der Waals surface area (Å²) >= 11 is 0. The fourth-order valence-electron chi connectivity index (χ4n) is 4.95. The third kappa shape index (κ3) is 9.86. The van der Waals surface area contributed by atoms with Crippen molar-refractivity contribution in [2.75, 3.05) is 26.2 Å².